The van der Waals surface area contributed by atoms with Gasteiger partial charge >= 0.3 is 0 Å². The Balaban J connectivity index is 1.37. The van der Waals surface area contributed by atoms with Gasteiger partial charge in [0.05, 0.1) is 26.5 Å². The van der Waals surface area contributed by atoms with Gasteiger partial charge in [0, 0.05) is 37.1 Å². The van der Waals surface area contributed by atoms with Crippen molar-refractivity contribution in [2.45, 2.75) is 38.1 Å². The van der Waals surface area contributed by atoms with E-state index in [1.807, 2.05) is 31.2 Å². The van der Waals surface area contributed by atoms with E-state index < -0.39 is 11.8 Å². The van der Waals surface area contributed by atoms with Crippen molar-refractivity contribution in [3.05, 3.63) is 89.4 Å². The standard InChI is InChI=1S/C29H31N3O6/c1-20-6-3-4-8-24(20)28(35)31-15-13-29(14-16-31)32(27(34)21-9-11-22(36-2)12-10-21)25(19-38-29)26(33)30-18-23-7-5-17-37-23/h3-12,17,25H,13-16,18-19H2,1-2H3,(H,30,33). The van der Waals surface area contributed by atoms with Crippen LogP contribution in [0.15, 0.2) is 71.3 Å². The maximum absolute atomic E-state index is 13.9. The third kappa shape index (κ3) is 4.89. The van der Waals surface area contributed by atoms with Crippen LogP contribution in [0.4, 0.5) is 0 Å². The first kappa shape index (κ1) is 25.5. The highest BCUT2D eigenvalue weighted by Crippen LogP contribution is 2.39. The molecule has 9 nitrogen and oxygen atoms in total. The summed E-state index contributed by atoms with van der Waals surface area (Å²) >= 11 is 0. The minimum Gasteiger partial charge on any atom is -0.497 e. The molecule has 2 aromatic carbocycles. The number of hydrogen-bond donors (Lipinski definition) is 1. The van der Waals surface area contributed by atoms with E-state index in [0.29, 0.717) is 48.6 Å². The smallest absolute Gasteiger partial charge is 0.256 e. The number of carbonyl (C=O) groups is 3. The van der Waals surface area contributed by atoms with Gasteiger partial charge < -0.3 is 24.1 Å². The lowest BCUT2D eigenvalue weighted by atomic mass is 9.95. The van der Waals surface area contributed by atoms with Gasteiger partial charge in [-0.05, 0) is 55.0 Å². The van der Waals surface area contributed by atoms with Crippen LogP contribution in [0.2, 0.25) is 0 Å². The number of methoxy groups -OCH3 is 1. The van der Waals surface area contributed by atoms with Gasteiger partial charge in [0.15, 0.2) is 0 Å². The first-order valence-corrected chi connectivity index (χ1v) is 12.7. The Morgan fingerprint density at radius 1 is 1.00 bits per heavy atom. The number of piperidine rings is 1. The predicted octanol–water partition coefficient (Wildman–Crippen LogP) is 3.39. The molecule has 2 fully saturated rings. The Hall–Kier alpha value is -4.11. The summed E-state index contributed by atoms with van der Waals surface area (Å²) in [4.78, 5) is 43.7. The average molecular weight is 518 g/mol. The maximum Gasteiger partial charge on any atom is 0.256 e. The van der Waals surface area contributed by atoms with Gasteiger partial charge in [0.1, 0.15) is 23.3 Å². The van der Waals surface area contributed by atoms with Crippen LogP contribution in [0, 0.1) is 6.92 Å². The minimum atomic E-state index is -0.994. The summed E-state index contributed by atoms with van der Waals surface area (Å²) in [5.41, 5.74) is 1.02. The molecule has 1 N–H and O–H groups in total. The molecular weight excluding hydrogens is 486 g/mol. The molecule has 1 unspecified atom stereocenters. The van der Waals surface area contributed by atoms with E-state index in [0.717, 1.165) is 5.56 Å². The highest BCUT2D eigenvalue weighted by Gasteiger charge is 2.54. The summed E-state index contributed by atoms with van der Waals surface area (Å²) in [5, 5.41) is 2.87. The molecular formula is C29H31N3O6. The van der Waals surface area contributed by atoms with E-state index in [2.05, 4.69) is 5.32 Å². The summed E-state index contributed by atoms with van der Waals surface area (Å²) in [5.74, 6) is 0.574. The minimum absolute atomic E-state index is 0.0447. The zero-order chi connectivity index (χ0) is 26.7. The number of nitrogens with zero attached hydrogens (tertiary/aromatic N) is 2. The van der Waals surface area contributed by atoms with Crippen molar-refractivity contribution in [3.8, 4) is 5.75 Å². The topological polar surface area (TPSA) is 101 Å². The van der Waals surface area contributed by atoms with E-state index >= 15 is 0 Å². The fourth-order valence-corrected chi connectivity index (χ4v) is 5.19. The molecule has 0 radical (unpaired) electrons. The molecule has 3 heterocycles. The normalized spacial score (nSPS) is 18.4. The maximum atomic E-state index is 13.9. The van der Waals surface area contributed by atoms with E-state index in [4.69, 9.17) is 13.9 Å². The van der Waals surface area contributed by atoms with Crippen molar-refractivity contribution >= 4 is 17.7 Å². The fourth-order valence-electron chi connectivity index (χ4n) is 5.19. The lowest BCUT2D eigenvalue weighted by Gasteiger charge is -2.44. The second-order valence-corrected chi connectivity index (χ2v) is 9.58. The number of carbonyl (C=O) groups excluding carboxylic acids is 3. The number of benzene rings is 2. The molecule has 0 bridgehead atoms. The van der Waals surface area contributed by atoms with Crippen LogP contribution in [-0.2, 0) is 16.1 Å². The molecule has 2 aliphatic heterocycles. The Bertz CT molecular complexity index is 1300. The number of nitrogens with one attached hydrogen (secondary N) is 1. The summed E-state index contributed by atoms with van der Waals surface area (Å²) < 4.78 is 16.8. The van der Waals surface area contributed by atoms with Crippen molar-refractivity contribution in [1.82, 2.24) is 15.1 Å². The molecule has 1 spiro atoms. The Morgan fingerprint density at radius 3 is 2.39 bits per heavy atom. The SMILES string of the molecule is COc1ccc(C(=O)N2C(C(=O)NCc3ccco3)COC23CCN(C(=O)c2ccccc2C)CC3)cc1. The van der Waals surface area contributed by atoms with Crippen LogP contribution in [-0.4, -0.2) is 66.1 Å². The number of amides is 3. The number of furan rings is 1. The Labute approximate surface area is 221 Å². The molecule has 0 aliphatic carbocycles. The first-order valence-electron chi connectivity index (χ1n) is 12.7. The van der Waals surface area contributed by atoms with Gasteiger partial charge in [-0.2, -0.15) is 0 Å². The number of aryl methyl sites for hydroxylation is 1. The number of likely N-dealkylation sites (tertiary alicyclic amines) is 1. The van der Waals surface area contributed by atoms with Crippen LogP contribution < -0.4 is 10.1 Å². The highest BCUT2D eigenvalue weighted by molar-refractivity contribution is 5.99. The number of rotatable bonds is 6. The van der Waals surface area contributed by atoms with Gasteiger partial charge in [-0.3, -0.25) is 19.3 Å². The highest BCUT2D eigenvalue weighted by atomic mass is 16.5. The lowest BCUT2D eigenvalue weighted by Crippen LogP contribution is -2.59. The van der Waals surface area contributed by atoms with Gasteiger partial charge in [-0.15, -0.1) is 0 Å². The van der Waals surface area contributed by atoms with E-state index in [-0.39, 0.29) is 30.9 Å². The van der Waals surface area contributed by atoms with Crippen LogP contribution in [0.1, 0.15) is 44.9 Å². The van der Waals surface area contributed by atoms with Gasteiger partial charge in [0.2, 0.25) is 5.91 Å². The van der Waals surface area contributed by atoms with Crippen molar-refractivity contribution < 1.29 is 28.3 Å². The molecule has 198 valence electrons. The summed E-state index contributed by atoms with van der Waals surface area (Å²) in [6, 6.07) is 17.0. The summed E-state index contributed by atoms with van der Waals surface area (Å²) in [6.45, 7) is 3.00. The van der Waals surface area contributed by atoms with E-state index in [9.17, 15) is 14.4 Å². The van der Waals surface area contributed by atoms with Crippen LogP contribution >= 0.6 is 0 Å². The van der Waals surface area contributed by atoms with Crippen molar-refractivity contribution in [3.63, 3.8) is 0 Å². The third-order valence-electron chi connectivity index (χ3n) is 7.34. The molecule has 3 aromatic rings. The Morgan fingerprint density at radius 2 is 1.74 bits per heavy atom. The Kier molecular flexibility index (Phi) is 7.20. The largest absolute Gasteiger partial charge is 0.497 e. The third-order valence-corrected chi connectivity index (χ3v) is 7.34. The molecule has 1 aromatic heterocycles. The van der Waals surface area contributed by atoms with Crippen molar-refractivity contribution in [2.75, 3.05) is 26.8 Å². The number of ether oxygens (including phenoxy) is 2. The predicted molar refractivity (Wildman–Crippen MR) is 139 cm³/mol. The molecule has 5 rings (SSSR count). The van der Waals surface area contributed by atoms with Crippen LogP contribution in [0.3, 0.4) is 0 Å². The van der Waals surface area contributed by atoms with E-state index in [1.165, 1.54) is 0 Å². The molecule has 2 aliphatic rings. The summed E-state index contributed by atoms with van der Waals surface area (Å²) in [7, 11) is 1.56. The average Bonchev–Trinajstić information content (AvgIpc) is 3.60. The molecule has 9 heteroatoms. The van der Waals surface area contributed by atoms with E-state index in [1.54, 1.807) is 59.6 Å². The van der Waals surface area contributed by atoms with Gasteiger partial charge in [0.25, 0.3) is 11.8 Å². The van der Waals surface area contributed by atoms with Crippen LogP contribution in [0.5, 0.6) is 5.75 Å². The zero-order valence-electron chi connectivity index (χ0n) is 21.5. The second kappa shape index (κ2) is 10.7. The zero-order valence-corrected chi connectivity index (χ0v) is 21.5. The quantitative estimate of drug-likeness (QED) is 0.538. The van der Waals surface area contributed by atoms with Crippen molar-refractivity contribution in [1.29, 1.82) is 0 Å². The van der Waals surface area contributed by atoms with Crippen LogP contribution in [0.25, 0.3) is 0 Å². The monoisotopic (exact) mass is 517 g/mol. The molecule has 1 atom stereocenters. The van der Waals surface area contributed by atoms with Crippen molar-refractivity contribution in [2.24, 2.45) is 0 Å². The fraction of sp³-hybridized carbons (Fsp3) is 0.345. The molecule has 3 amide bonds. The lowest BCUT2D eigenvalue weighted by molar-refractivity contribution is -0.128. The molecule has 38 heavy (non-hydrogen) atoms. The second-order valence-electron chi connectivity index (χ2n) is 9.58. The first-order chi connectivity index (χ1) is 18.4. The molecule has 0 saturated carbocycles. The van der Waals surface area contributed by atoms with Gasteiger partial charge in [-0.1, -0.05) is 18.2 Å². The number of hydrogen-bond acceptors (Lipinski definition) is 6. The summed E-state index contributed by atoms with van der Waals surface area (Å²) in [6.07, 6.45) is 2.34. The van der Waals surface area contributed by atoms with Gasteiger partial charge in [-0.25, -0.2) is 0 Å². The molecule has 2 saturated heterocycles.